The minimum atomic E-state index is -3.65. The molecule has 182 valence electrons. The van der Waals surface area contributed by atoms with Gasteiger partial charge in [-0.25, -0.2) is 13.1 Å². The Labute approximate surface area is 203 Å². The van der Waals surface area contributed by atoms with Crippen LogP contribution in [0.25, 0.3) is 5.69 Å². The topological polar surface area (TPSA) is 61.7 Å². The highest BCUT2D eigenvalue weighted by Gasteiger charge is 2.31. The predicted molar refractivity (Wildman–Crippen MR) is 137 cm³/mol. The molecule has 7 nitrogen and oxygen atoms in total. The molecule has 0 atom stereocenters. The zero-order valence-electron chi connectivity index (χ0n) is 20.6. The maximum absolute atomic E-state index is 13.7. The second-order valence-electron chi connectivity index (χ2n) is 9.43. The third kappa shape index (κ3) is 5.19. The number of para-hydroxylation sites is 1. The summed E-state index contributed by atoms with van der Waals surface area (Å²) in [6, 6.07) is 18.8. The van der Waals surface area contributed by atoms with E-state index in [1.165, 1.54) is 0 Å². The summed E-state index contributed by atoms with van der Waals surface area (Å²) in [5.41, 5.74) is 2.80. The molecule has 0 saturated carbocycles. The van der Waals surface area contributed by atoms with Crippen LogP contribution in [0.3, 0.4) is 0 Å². The number of hydrogen-bond donors (Lipinski definition) is 0. The van der Waals surface area contributed by atoms with Crippen LogP contribution < -0.4 is 4.90 Å². The van der Waals surface area contributed by atoms with Crippen LogP contribution in [0.5, 0.6) is 0 Å². The number of aromatic nitrogens is 2. The van der Waals surface area contributed by atoms with Gasteiger partial charge in [0.2, 0.25) is 10.0 Å². The van der Waals surface area contributed by atoms with Gasteiger partial charge in [-0.15, -0.1) is 0 Å². The highest BCUT2D eigenvalue weighted by Crippen LogP contribution is 2.31. The van der Waals surface area contributed by atoms with Crippen LogP contribution in [0.4, 0.5) is 5.82 Å². The van der Waals surface area contributed by atoms with E-state index in [2.05, 4.69) is 30.7 Å². The van der Waals surface area contributed by atoms with Crippen molar-refractivity contribution in [1.29, 1.82) is 0 Å². The van der Waals surface area contributed by atoms with Crippen molar-refractivity contribution < 1.29 is 8.42 Å². The van der Waals surface area contributed by atoms with Gasteiger partial charge in [0.05, 0.1) is 16.3 Å². The molecular formula is C26H35N5O2S. The molecular weight excluding hydrogens is 446 g/mol. The lowest BCUT2D eigenvalue weighted by atomic mass is 10.2. The van der Waals surface area contributed by atoms with Gasteiger partial charge in [0, 0.05) is 44.8 Å². The fourth-order valence-electron chi connectivity index (χ4n) is 4.40. The summed E-state index contributed by atoms with van der Waals surface area (Å²) >= 11 is 0. The first-order valence-corrected chi connectivity index (χ1v) is 13.3. The minimum Gasteiger partial charge on any atom is -0.354 e. The van der Waals surface area contributed by atoms with Crippen LogP contribution in [0, 0.1) is 12.8 Å². The van der Waals surface area contributed by atoms with Crippen LogP contribution in [-0.2, 0) is 16.6 Å². The lowest BCUT2D eigenvalue weighted by molar-refractivity contribution is 0.310. The van der Waals surface area contributed by atoms with Gasteiger partial charge in [-0.2, -0.15) is 9.40 Å². The monoisotopic (exact) mass is 481 g/mol. The zero-order chi connectivity index (χ0) is 24.3. The van der Waals surface area contributed by atoms with Crippen LogP contribution in [0.1, 0.15) is 25.1 Å². The Morgan fingerprint density at radius 2 is 1.53 bits per heavy atom. The molecule has 0 spiro atoms. The lowest BCUT2D eigenvalue weighted by Crippen LogP contribution is -2.45. The molecule has 0 unspecified atom stereocenters. The molecule has 0 amide bonds. The molecule has 2 aromatic carbocycles. The first-order chi connectivity index (χ1) is 16.3. The molecule has 8 heteroatoms. The van der Waals surface area contributed by atoms with Crippen LogP contribution in [0.15, 0.2) is 65.6 Å². The second-order valence-corrected chi connectivity index (χ2v) is 11.4. The molecule has 0 aliphatic carbocycles. The molecule has 1 aliphatic heterocycles. The van der Waals surface area contributed by atoms with Crippen molar-refractivity contribution in [3.05, 3.63) is 71.9 Å². The molecule has 0 bridgehead atoms. The number of nitrogens with zero attached hydrogens (tertiary/aromatic N) is 5. The van der Waals surface area contributed by atoms with Crippen molar-refractivity contribution in [2.75, 3.05) is 44.7 Å². The van der Waals surface area contributed by atoms with Crippen molar-refractivity contribution >= 4 is 15.8 Å². The van der Waals surface area contributed by atoms with Gasteiger partial charge in [0.25, 0.3) is 0 Å². The van der Waals surface area contributed by atoms with Crippen LogP contribution in [0.2, 0.25) is 0 Å². The van der Waals surface area contributed by atoms with Gasteiger partial charge in [-0.3, -0.25) is 0 Å². The van der Waals surface area contributed by atoms with Gasteiger partial charge >= 0.3 is 0 Å². The Morgan fingerprint density at radius 1 is 0.941 bits per heavy atom. The summed E-state index contributed by atoms with van der Waals surface area (Å²) in [7, 11) is -1.52. The summed E-state index contributed by atoms with van der Waals surface area (Å²) in [4.78, 5) is 4.99. The van der Waals surface area contributed by atoms with Crippen molar-refractivity contribution in [2.45, 2.75) is 32.2 Å². The van der Waals surface area contributed by atoms with Gasteiger partial charge in [-0.05, 0) is 44.2 Å². The number of anilines is 1. The normalized spacial score (nSPS) is 15.4. The average Bonchev–Trinajstić information content (AvgIpc) is 3.16. The highest BCUT2D eigenvalue weighted by molar-refractivity contribution is 7.89. The quantitative estimate of drug-likeness (QED) is 0.490. The summed E-state index contributed by atoms with van der Waals surface area (Å²) in [5, 5.41) is 4.90. The minimum absolute atomic E-state index is 0.190. The second kappa shape index (κ2) is 10.3. The third-order valence-electron chi connectivity index (χ3n) is 6.25. The molecule has 4 rings (SSSR count). The third-order valence-corrected chi connectivity index (χ3v) is 8.07. The SMILES string of the molecule is Cc1nn(-c2ccccc2)c(N2CCN(C)CC2)c1CN(CC(C)C)S(=O)(=O)c1ccccc1. The maximum atomic E-state index is 13.7. The van der Waals surface area contributed by atoms with Gasteiger partial charge in [0.1, 0.15) is 5.82 Å². The van der Waals surface area contributed by atoms with E-state index in [1.807, 2.05) is 48.0 Å². The predicted octanol–water partition coefficient (Wildman–Crippen LogP) is 3.78. The van der Waals surface area contributed by atoms with E-state index in [1.54, 1.807) is 28.6 Å². The maximum Gasteiger partial charge on any atom is 0.243 e. The molecule has 3 aromatic rings. The summed E-state index contributed by atoms with van der Waals surface area (Å²) < 4.78 is 30.9. The number of hydrogen-bond acceptors (Lipinski definition) is 5. The number of benzene rings is 2. The van der Waals surface area contributed by atoms with E-state index in [4.69, 9.17) is 5.10 Å². The molecule has 1 fully saturated rings. The van der Waals surface area contributed by atoms with E-state index >= 15 is 0 Å². The summed E-state index contributed by atoms with van der Waals surface area (Å²) in [5.74, 6) is 1.18. The first kappa shape index (κ1) is 24.4. The van der Waals surface area contributed by atoms with E-state index in [0.29, 0.717) is 11.4 Å². The van der Waals surface area contributed by atoms with Crippen molar-refractivity contribution in [3.8, 4) is 5.69 Å². The number of sulfonamides is 1. The fraction of sp³-hybridized carbons (Fsp3) is 0.423. The number of likely N-dealkylation sites (N-methyl/N-ethyl adjacent to an activating group) is 1. The lowest BCUT2D eigenvalue weighted by Gasteiger charge is -2.35. The Morgan fingerprint density at radius 3 is 2.12 bits per heavy atom. The standard InChI is InChI=1S/C26H35N5O2S/c1-21(2)19-30(34(32,33)24-13-9-6-10-14-24)20-25-22(3)27-31(23-11-7-5-8-12-23)26(25)29-17-15-28(4)16-18-29/h5-14,21H,15-20H2,1-4H3. The van der Waals surface area contributed by atoms with Crippen molar-refractivity contribution in [3.63, 3.8) is 0 Å². The summed E-state index contributed by atoms with van der Waals surface area (Å²) in [6.07, 6.45) is 0. The number of aryl methyl sites for hydroxylation is 1. The summed E-state index contributed by atoms with van der Waals surface area (Å²) in [6.45, 7) is 10.5. The van der Waals surface area contributed by atoms with Gasteiger partial charge < -0.3 is 9.80 Å². The largest absolute Gasteiger partial charge is 0.354 e. The molecule has 2 heterocycles. The molecule has 1 saturated heterocycles. The van der Waals surface area contributed by atoms with Crippen LogP contribution >= 0.6 is 0 Å². The zero-order valence-corrected chi connectivity index (χ0v) is 21.4. The van der Waals surface area contributed by atoms with E-state index in [0.717, 1.165) is 48.9 Å². The first-order valence-electron chi connectivity index (χ1n) is 11.9. The Kier molecular flexibility index (Phi) is 7.40. The smallest absolute Gasteiger partial charge is 0.243 e. The Hall–Kier alpha value is -2.68. The van der Waals surface area contributed by atoms with Crippen LogP contribution in [-0.4, -0.2) is 67.2 Å². The van der Waals surface area contributed by atoms with Gasteiger partial charge in [0.15, 0.2) is 0 Å². The van der Waals surface area contributed by atoms with Gasteiger partial charge in [-0.1, -0.05) is 50.2 Å². The molecule has 1 aromatic heterocycles. The molecule has 34 heavy (non-hydrogen) atoms. The van der Waals surface area contributed by atoms with Crippen molar-refractivity contribution in [2.24, 2.45) is 5.92 Å². The Bertz CT molecular complexity index is 1180. The van der Waals surface area contributed by atoms with Crippen molar-refractivity contribution in [1.82, 2.24) is 19.0 Å². The number of rotatable bonds is 8. The van der Waals surface area contributed by atoms with E-state index < -0.39 is 10.0 Å². The Balaban J connectivity index is 1.79. The number of piperazine rings is 1. The molecule has 0 radical (unpaired) electrons. The fourth-order valence-corrected chi connectivity index (χ4v) is 5.99. The molecule has 0 N–H and O–H groups in total. The molecule has 1 aliphatic rings. The van der Waals surface area contributed by atoms with E-state index in [9.17, 15) is 8.42 Å². The highest BCUT2D eigenvalue weighted by atomic mass is 32.2. The van der Waals surface area contributed by atoms with E-state index in [-0.39, 0.29) is 12.5 Å². The average molecular weight is 482 g/mol.